The van der Waals surface area contributed by atoms with Crippen molar-refractivity contribution in [3.63, 3.8) is 0 Å². The topological polar surface area (TPSA) is 30.8 Å². The molecule has 0 bridgehead atoms. The molecule has 0 N–H and O–H groups in total. The van der Waals surface area contributed by atoms with Gasteiger partial charge in [-0.1, -0.05) is 77.0 Å². The molecular formula is C27H32NO2P. The van der Waals surface area contributed by atoms with Gasteiger partial charge in [0.1, 0.15) is 5.75 Å². The fourth-order valence-electron chi connectivity index (χ4n) is 3.68. The van der Waals surface area contributed by atoms with Crippen molar-refractivity contribution in [1.29, 1.82) is 0 Å². The quantitative estimate of drug-likeness (QED) is 0.212. The molecule has 0 heterocycles. The molecule has 2 atom stereocenters. The van der Waals surface area contributed by atoms with E-state index in [1.165, 1.54) is 22.0 Å². The van der Waals surface area contributed by atoms with E-state index in [2.05, 4.69) is 58.0 Å². The Morgan fingerprint density at radius 3 is 2.39 bits per heavy atom. The van der Waals surface area contributed by atoms with Crippen LogP contribution in [0.2, 0.25) is 0 Å². The Hall–Kier alpha value is -2.48. The van der Waals surface area contributed by atoms with E-state index in [9.17, 15) is 0 Å². The first-order valence-electron chi connectivity index (χ1n) is 10.7. The molecule has 31 heavy (non-hydrogen) atoms. The van der Waals surface area contributed by atoms with E-state index in [-0.39, 0.29) is 11.9 Å². The van der Waals surface area contributed by atoms with Gasteiger partial charge in [0.2, 0.25) is 0 Å². The lowest BCUT2D eigenvalue weighted by molar-refractivity contribution is 0.0500. The predicted molar refractivity (Wildman–Crippen MR) is 134 cm³/mol. The zero-order chi connectivity index (χ0) is 22.3. The second kappa shape index (κ2) is 10.7. The van der Waals surface area contributed by atoms with Crippen molar-refractivity contribution in [2.75, 3.05) is 13.9 Å². The van der Waals surface area contributed by atoms with Crippen molar-refractivity contribution in [2.45, 2.75) is 39.3 Å². The maximum Gasteiger partial charge on any atom is 0.188 e. The molecule has 4 heteroatoms. The molecule has 0 aromatic heterocycles. The van der Waals surface area contributed by atoms with Gasteiger partial charge in [-0.2, -0.15) is 0 Å². The van der Waals surface area contributed by atoms with Gasteiger partial charge >= 0.3 is 0 Å². The Morgan fingerprint density at radius 2 is 1.68 bits per heavy atom. The maximum atomic E-state index is 5.92. The van der Waals surface area contributed by atoms with Gasteiger partial charge in [0.15, 0.2) is 6.79 Å². The van der Waals surface area contributed by atoms with Crippen LogP contribution in [0.5, 0.6) is 5.75 Å². The van der Waals surface area contributed by atoms with E-state index in [1.807, 2.05) is 42.5 Å². The molecule has 0 saturated carbocycles. The van der Waals surface area contributed by atoms with Gasteiger partial charge in [-0.25, -0.2) is 0 Å². The fraction of sp³-hybridized carbons (Fsp3) is 0.296. The molecule has 0 amide bonds. The number of methoxy groups -OCH3 is 1. The van der Waals surface area contributed by atoms with Crippen molar-refractivity contribution < 1.29 is 9.47 Å². The maximum absolute atomic E-state index is 5.92. The van der Waals surface area contributed by atoms with Gasteiger partial charge in [0, 0.05) is 29.1 Å². The van der Waals surface area contributed by atoms with Crippen LogP contribution < -0.4 is 10.0 Å². The van der Waals surface area contributed by atoms with Gasteiger partial charge in [0.05, 0.1) is 5.69 Å². The first-order valence-corrected chi connectivity index (χ1v) is 11.7. The molecule has 0 aliphatic rings. The molecule has 2 unspecified atom stereocenters. The molecule has 3 nitrogen and oxygen atoms in total. The number of ether oxygens (including phenoxy) is 2. The molecular weight excluding hydrogens is 401 g/mol. The van der Waals surface area contributed by atoms with Crippen LogP contribution in [0, 0.1) is 6.92 Å². The summed E-state index contributed by atoms with van der Waals surface area (Å²) in [5.41, 5.74) is 5.76. The van der Waals surface area contributed by atoms with Crippen LogP contribution in [0.3, 0.4) is 0 Å². The standard InChI is InChI=1S/C27H32NO2P/c1-6-27(4,24-17-10-11-18-25(24)30-19-29-5)31-26-20(2)13-12-16-23(26)21(3)28-22-14-8-7-9-15-22/h7-18,31H,6,19H2,1-5H3. The van der Waals surface area contributed by atoms with Crippen LogP contribution in [-0.2, 0) is 9.89 Å². The first kappa shape index (κ1) is 23.2. The van der Waals surface area contributed by atoms with E-state index in [1.54, 1.807) is 7.11 Å². The van der Waals surface area contributed by atoms with Crippen LogP contribution in [0.1, 0.15) is 43.9 Å². The van der Waals surface area contributed by atoms with Crippen LogP contribution in [-0.4, -0.2) is 19.6 Å². The number of rotatable bonds is 9. The third-order valence-electron chi connectivity index (χ3n) is 5.64. The summed E-state index contributed by atoms with van der Waals surface area (Å²) in [6.45, 7) is 9.14. The van der Waals surface area contributed by atoms with Gasteiger partial charge in [0.25, 0.3) is 0 Å². The zero-order valence-electron chi connectivity index (χ0n) is 19.1. The highest BCUT2D eigenvalue weighted by molar-refractivity contribution is 7.49. The summed E-state index contributed by atoms with van der Waals surface area (Å²) >= 11 is 0. The zero-order valence-corrected chi connectivity index (χ0v) is 20.1. The van der Waals surface area contributed by atoms with Gasteiger partial charge in [-0.05, 0) is 49.3 Å². The molecule has 162 valence electrons. The average molecular weight is 434 g/mol. The molecule has 0 fully saturated rings. The highest BCUT2D eigenvalue weighted by Crippen LogP contribution is 2.48. The monoisotopic (exact) mass is 433 g/mol. The lowest BCUT2D eigenvalue weighted by atomic mass is 9.96. The normalized spacial score (nSPS) is 14.0. The van der Waals surface area contributed by atoms with E-state index < -0.39 is 0 Å². The highest BCUT2D eigenvalue weighted by Gasteiger charge is 2.30. The van der Waals surface area contributed by atoms with Crippen molar-refractivity contribution in [3.8, 4) is 5.75 Å². The Kier molecular flexibility index (Phi) is 8.01. The summed E-state index contributed by atoms with van der Waals surface area (Å²) in [5.74, 6) is 0.894. The Bertz CT molecular complexity index is 1030. The Morgan fingerprint density at radius 1 is 0.968 bits per heavy atom. The lowest BCUT2D eigenvalue weighted by Gasteiger charge is -2.32. The summed E-state index contributed by atoms with van der Waals surface area (Å²) in [6.07, 6.45) is 1.00. The van der Waals surface area contributed by atoms with Crippen molar-refractivity contribution >= 4 is 25.3 Å². The number of aryl methyl sites for hydroxylation is 1. The minimum Gasteiger partial charge on any atom is -0.467 e. The third kappa shape index (κ3) is 5.61. The highest BCUT2D eigenvalue weighted by atomic mass is 31.1. The molecule has 0 spiro atoms. The Balaban J connectivity index is 2.03. The van der Waals surface area contributed by atoms with Crippen molar-refractivity contribution in [3.05, 3.63) is 89.5 Å². The van der Waals surface area contributed by atoms with Gasteiger partial charge < -0.3 is 9.47 Å². The molecule has 0 saturated heterocycles. The molecule has 3 rings (SSSR count). The predicted octanol–water partition coefficient (Wildman–Crippen LogP) is 6.75. The number of para-hydroxylation sites is 2. The number of benzene rings is 3. The smallest absolute Gasteiger partial charge is 0.188 e. The second-order valence-electron chi connectivity index (χ2n) is 7.89. The summed E-state index contributed by atoms with van der Waals surface area (Å²) in [4.78, 5) is 4.90. The van der Waals surface area contributed by atoms with E-state index >= 15 is 0 Å². The minimum absolute atomic E-state index is 0.0573. The van der Waals surface area contributed by atoms with Crippen LogP contribution in [0.15, 0.2) is 77.8 Å². The Labute approximate surface area is 188 Å². The van der Waals surface area contributed by atoms with E-state index in [0.29, 0.717) is 8.58 Å². The number of nitrogens with zero attached hydrogens (tertiary/aromatic N) is 1. The minimum atomic E-state index is -0.0573. The summed E-state index contributed by atoms with van der Waals surface area (Å²) in [7, 11) is 2.23. The van der Waals surface area contributed by atoms with E-state index in [0.717, 1.165) is 23.6 Å². The second-order valence-corrected chi connectivity index (χ2v) is 9.74. The third-order valence-corrected chi connectivity index (χ3v) is 7.73. The molecule has 0 aliphatic heterocycles. The molecule has 3 aromatic carbocycles. The van der Waals surface area contributed by atoms with Crippen LogP contribution in [0.25, 0.3) is 0 Å². The molecule has 0 radical (unpaired) electrons. The van der Waals surface area contributed by atoms with E-state index in [4.69, 9.17) is 14.5 Å². The fourth-order valence-corrected chi connectivity index (χ4v) is 5.43. The summed E-state index contributed by atoms with van der Waals surface area (Å²) in [6, 6.07) is 25.0. The average Bonchev–Trinajstić information content (AvgIpc) is 2.79. The number of hydrogen-bond acceptors (Lipinski definition) is 3. The number of hydrogen-bond donors (Lipinski definition) is 0. The summed E-state index contributed by atoms with van der Waals surface area (Å²) < 4.78 is 11.1. The SMILES string of the molecule is CCC(C)(Pc1c(C)cccc1C(C)=Nc1ccccc1)c1ccccc1OCOC. The molecule has 0 aliphatic carbocycles. The largest absolute Gasteiger partial charge is 0.467 e. The first-order chi connectivity index (χ1) is 15.0. The summed E-state index contributed by atoms with van der Waals surface area (Å²) in [5, 5.41) is 1.31. The van der Waals surface area contributed by atoms with Crippen molar-refractivity contribution in [1.82, 2.24) is 0 Å². The van der Waals surface area contributed by atoms with Gasteiger partial charge in [-0.3, -0.25) is 4.99 Å². The van der Waals surface area contributed by atoms with Gasteiger partial charge in [-0.15, -0.1) is 0 Å². The lowest BCUT2D eigenvalue weighted by Crippen LogP contribution is -2.23. The van der Waals surface area contributed by atoms with Crippen LogP contribution in [0.4, 0.5) is 5.69 Å². The van der Waals surface area contributed by atoms with Crippen molar-refractivity contribution in [2.24, 2.45) is 4.99 Å². The van der Waals surface area contributed by atoms with Crippen LogP contribution >= 0.6 is 8.58 Å². The number of aliphatic imine (C=N–C) groups is 1. The molecule has 3 aromatic rings.